The largest absolute Gasteiger partial charge is 0.358 e. The molecule has 0 bridgehead atoms. The quantitative estimate of drug-likeness (QED) is 0.643. The smallest absolute Gasteiger partial charge is 0.236 e. The Bertz CT molecular complexity index is 617. The van der Waals surface area contributed by atoms with E-state index in [1.54, 1.807) is 11.7 Å². The van der Waals surface area contributed by atoms with Gasteiger partial charge in [-0.15, -0.1) is 17.5 Å². The van der Waals surface area contributed by atoms with E-state index in [4.69, 9.17) is 0 Å². The number of rotatable bonds is 7. The van der Waals surface area contributed by atoms with Crippen molar-refractivity contribution >= 4 is 24.2 Å². The summed E-state index contributed by atoms with van der Waals surface area (Å²) in [6.45, 7) is 1.09. The van der Waals surface area contributed by atoms with Gasteiger partial charge in [-0.25, -0.2) is 4.68 Å². The first-order valence-electron chi connectivity index (χ1n) is 9.78. The van der Waals surface area contributed by atoms with Crippen molar-refractivity contribution < 1.29 is 9.59 Å². The van der Waals surface area contributed by atoms with Gasteiger partial charge in [-0.3, -0.25) is 9.59 Å². The van der Waals surface area contributed by atoms with Gasteiger partial charge in [0.15, 0.2) is 0 Å². The number of carbonyl (C=O) groups is 2. The van der Waals surface area contributed by atoms with Crippen LogP contribution in [0.15, 0.2) is 6.20 Å². The number of carbonyl (C=O) groups excluding carboxylic acids is 2. The highest BCUT2D eigenvalue weighted by molar-refractivity contribution is 5.85. The fourth-order valence-corrected chi connectivity index (χ4v) is 3.95. The summed E-state index contributed by atoms with van der Waals surface area (Å²) >= 11 is 0. The molecule has 9 heteroatoms. The second kappa shape index (κ2) is 10.6. The normalized spacial score (nSPS) is 22.9. The van der Waals surface area contributed by atoms with Crippen LogP contribution in [0, 0.1) is 5.92 Å². The Labute approximate surface area is 166 Å². The van der Waals surface area contributed by atoms with Crippen LogP contribution in [0.2, 0.25) is 0 Å². The summed E-state index contributed by atoms with van der Waals surface area (Å²) in [6, 6.07) is -0.0716. The average molecular weight is 399 g/mol. The van der Waals surface area contributed by atoms with E-state index in [1.807, 2.05) is 6.20 Å². The zero-order chi connectivity index (χ0) is 18.4. The first-order valence-corrected chi connectivity index (χ1v) is 9.78. The van der Waals surface area contributed by atoms with Gasteiger partial charge in [0.05, 0.1) is 24.8 Å². The number of nitrogens with one attached hydrogen (secondary N) is 3. The van der Waals surface area contributed by atoms with Crippen LogP contribution < -0.4 is 16.0 Å². The third-order valence-electron chi connectivity index (χ3n) is 5.57. The van der Waals surface area contributed by atoms with E-state index >= 15 is 0 Å². The third-order valence-corrected chi connectivity index (χ3v) is 5.57. The van der Waals surface area contributed by atoms with Crippen molar-refractivity contribution in [1.29, 1.82) is 0 Å². The fraction of sp³-hybridized carbons (Fsp3) is 0.778. The van der Waals surface area contributed by atoms with Gasteiger partial charge in [0, 0.05) is 20.0 Å². The Morgan fingerprint density at radius 2 is 2.07 bits per heavy atom. The van der Waals surface area contributed by atoms with E-state index in [0.29, 0.717) is 25.9 Å². The van der Waals surface area contributed by atoms with E-state index in [1.165, 1.54) is 32.1 Å². The molecule has 3 rings (SSSR count). The summed E-state index contributed by atoms with van der Waals surface area (Å²) in [5.41, 5.74) is 0.749. The molecule has 0 radical (unpaired) electrons. The Morgan fingerprint density at radius 3 is 2.81 bits per heavy atom. The highest BCUT2D eigenvalue weighted by atomic mass is 35.5. The Hall–Kier alpha value is -1.67. The number of hydrogen-bond acceptors (Lipinski definition) is 5. The van der Waals surface area contributed by atoms with Crippen molar-refractivity contribution in [3.8, 4) is 0 Å². The van der Waals surface area contributed by atoms with E-state index < -0.39 is 0 Å². The van der Waals surface area contributed by atoms with Gasteiger partial charge in [-0.05, 0) is 18.8 Å². The fourth-order valence-electron chi connectivity index (χ4n) is 3.95. The summed E-state index contributed by atoms with van der Waals surface area (Å²) < 4.78 is 1.79. The molecule has 1 aromatic heterocycles. The highest BCUT2D eigenvalue weighted by Gasteiger charge is 2.30. The monoisotopic (exact) mass is 398 g/mol. The van der Waals surface area contributed by atoms with Crippen molar-refractivity contribution in [2.24, 2.45) is 5.92 Å². The summed E-state index contributed by atoms with van der Waals surface area (Å²) in [6.07, 6.45) is 10.7. The lowest BCUT2D eigenvalue weighted by Crippen LogP contribution is -2.38. The SMILES string of the molecule is CNC(=O)[C@@H]1C[C@H](n2cc(CNC(=O)CCC3CCCCC3)nn2)CN1.Cl. The minimum atomic E-state index is -0.183. The van der Waals surface area contributed by atoms with Crippen LogP contribution in [0.1, 0.15) is 63.1 Å². The predicted octanol–water partition coefficient (Wildman–Crippen LogP) is 1.33. The van der Waals surface area contributed by atoms with E-state index in [2.05, 4.69) is 26.3 Å². The van der Waals surface area contributed by atoms with E-state index in [0.717, 1.165) is 18.0 Å². The van der Waals surface area contributed by atoms with Crippen molar-refractivity contribution in [3.63, 3.8) is 0 Å². The molecule has 0 spiro atoms. The third kappa shape index (κ3) is 6.17. The van der Waals surface area contributed by atoms with E-state index in [9.17, 15) is 9.59 Å². The molecular weight excluding hydrogens is 368 g/mol. The molecule has 2 atom stereocenters. The van der Waals surface area contributed by atoms with Crippen LogP contribution in [0.3, 0.4) is 0 Å². The second-order valence-corrected chi connectivity index (χ2v) is 7.47. The van der Waals surface area contributed by atoms with Crippen molar-refractivity contribution in [2.75, 3.05) is 13.6 Å². The Kier molecular flexibility index (Phi) is 8.50. The molecule has 1 aromatic rings. The number of hydrogen-bond donors (Lipinski definition) is 3. The van der Waals surface area contributed by atoms with Gasteiger partial charge >= 0.3 is 0 Å². The Balaban J connectivity index is 0.00000261. The maximum absolute atomic E-state index is 12.1. The van der Waals surface area contributed by atoms with Crippen molar-refractivity contribution in [2.45, 2.75) is 70.0 Å². The molecule has 2 fully saturated rings. The molecule has 0 aromatic carbocycles. The molecule has 2 heterocycles. The van der Waals surface area contributed by atoms with Crippen LogP contribution in [0.4, 0.5) is 0 Å². The van der Waals surface area contributed by atoms with Gasteiger partial charge in [-0.1, -0.05) is 37.3 Å². The first kappa shape index (κ1) is 21.6. The van der Waals surface area contributed by atoms with Gasteiger partial charge in [0.25, 0.3) is 0 Å². The number of nitrogens with zero attached hydrogens (tertiary/aromatic N) is 3. The zero-order valence-corrected chi connectivity index (χ0v) is 16.8. The molecule has 27 heavy (non-hydrogen) atoms. The van der Waals surface area contributed by atoms with E-state index in [-0.39, 0.29) is 36.3 Å². The van der Waals surface area contributed by atoms with Crippen LogP contribution in [0.5, 0.6) is 0 Å². The van der Waals surface area contributed by atoms with Crippen LogP contribution in [-0.4, -0.2) is 46.4 Å². The highest BCUT2D eigenvalue weighted by Crippen LogP contribution is 2.27. The second-order valence-electron chi connectivity index (χ2n) is 7.47. The summed E-state index contributed by atoms with van der Waals surface area (Å²) in [4.78, 5) is 23.7. The van der Waals surface area contributed by atoms with Gasteiger partial charge in [0.1, 0.15) is 5.69 Å². The van der Waals surface area contributed by atoms with Crippen molar-refractivity contribution in [1.82, 2.24) is 30.9 Å². The molecule has 2 aliphatic rings. The lowest BCUT2D eigenvalue weighted by atomic mass is 9.86. The van der Waals surface area contributed by atoms with Crippen molar-refractivity contribution in [3.05, 3.63) is 11.9 Å². The summed E-state index contributed by atoms with van der Waals surface area (Å²) in [5.74, 6) is 0.809. The summed E-state index contributed by atoms with van der Waals surface area (Å²) in [7, 11) is 1.64. The molecule has 152 valence electrons. The molecule has 1 saturated heterocycles. The van der Waals surface area contributed by atoms with Crippen LogP contribution >= 0.6 is 12.4 Å². The molecule has 1 aliphatic heterocycles. The minimum absolute atomic E-state index is 0. The topological polar surface area (TPSA) is 101 Å². The molecule has 2 amide bonds. The first-order chi connectivity index (χ1) is 12.7. The molecule has 8 nitrogen and oxygen atoms in total. The van der Waals surface area contributed by atoms with Gasteiger partial charge in [0.2, 0.25) is 11.8 Å². The van der Waals surface area contributed by atoms with Crippen LogP contribution in [0.25, 0.3) is 0 Å². The number of likely N-dealkylation sites (N-methyl/N-ethyl adjacent to an activating group) is 1. The Morgan fingerprint density at radius 1 is 1.30 bits per heavy atom. The molecular formula is C18H31ClN6O2. The van der Waals surface area contributed by atoms with Gasteiger partial charge < -0.3 is 16.0 Å². The average Bonchev–Trinajstić information content (AvgIpc) is 3.34. The number of amides is 2. The number of halogens is 1. The molecule has 3 N–H and O–H groups in total. The zero-order valence-electron chi connectivity index (χ0n) is 15.9. The minimum Gasteiger partial charge on any atom is -0.358 e. The maximum atomic E-state index is 12.1. The predicted molar refractivity (Wildman–Crippen MR) is 104 cm³/mol. The standard InChI is InChI=1S/C18H30N6O2.ClH/c1-19-18(26)16-9-15(11-20-16)24-12-14(22-23-24)10-21-17(25)8-7-13-5-3-2-4-6-13;/h12-13,15-16,20H,2-11H2,1H3,(H,19,26)(H,21,25);1H/t15-,16-;/m0./s1. The molecule has 1 saturated carbocycles. The molecule has 1 aliphatic carbocycles. The molecule has 0 unspecified atom stereocenters. The van der Waals surface area contributed by atoms with Gasteiger partial charge in [-0.2, -0.15) is 0 Å². The summed E-state index contributed by atoms with van der Waals surface area (Å²) in [5, 5.41) is 17.1. The number of aromatic nitrogens is 3. The maximum Gasteiger partial charge on any atom is 0.236 e. The lowest BCUT2D eigenvalue weighted by Gasteiger charge is -2.20. The lowest BCUT2D eigenvalue weighted by molar-refractivity contribution is -0.122. The van der Waals surface area contributed by atoms with Crippen LogP contribution in [-0.2, 0) is 16.1 Å².